The number of nitrogens with zero attached hydrogens (tertiary/aromatic N) is 3. The fraction of sp³-hybridized carbons (Fsp3) is 0.433. The molecule has 0 aliphatic heterocycles. The number of primary amides is 1. The second-order valence-corrected chi connectivity index (χ2v) is 10.3. The van der Waals surface area contributed by atoms with E-state index in [0.717, 1.165) is 86.9 Å². The molecule has 9 heteroatoms. The van der Waals surface area contributed by atoms with Gasteiger partial charge >= 0.3 is 0 Å². The number of hydrogen-bond acceptors (Lipinski definition) is 6. The summed E-state index contributed by atoms with van der Waals surface area (Å²) in [5.74, 6) is 0.150. The number of fused-ring (bicyclic) bond motifs is 3. The molecule has 0 aliphatic rings. The van der Waals surface area contributed by atoms with Crippen LogP contribution in [-0.2, 0) is 22.3 Å². The number of methoxy groups -OCH3 is 2. The molecule has 0 aliphatic carbocycles. The van der Waals surface area contributed by atoms with Crippen LogP contribution >= 0.6 is 11.6 Å². The van der Waals surface area contributed by atoms with Gasteiger partial charge in [0, 0.05) is 27.4 Å². The van der Waals surface area contributed by atoms with Gasteiger partial charge in [0.25, 0.3) is 5.91 Å². The second kappa shape index (κ2) is 13.7. The van der Waals surface area contributed by atoms with E-state index in [4.69, 9.17) is 31.8 Å². The van der Waals surface area contributed by atoms with Crippen LogP contribution in [0.25, 0.3) is 16.6 Å². The zero-order chi connectivity index (χ0) is 27.8. The minimum Gasteiger partial charge on any atom is -0.385 e. The molecular weight excluding hydrogens is 514 g/mol. The molecule has 2 aromatic heterocycles. The molecule has 1 amide bonds. The van der Waals surface area contributed by atoms with Crippen molar-refractivity contribution in [3.8, 4) is 0 Å². The standard InChI is InChI=1S/C30H38ClN5O3/c1-20-11-10-14-23(31)27(20)35-29-26-19-33-30(28(32)37)36(26)25-18-22(13-7-5-9-16-39-3)21(17-24(25)34-29)12-6-4-8-15-38-2/h10-11,14,17-19H,4-9,12-13,15-16H2,1-3H3,(H2,32,37)(H,34,35). The van der Waals surface area contributed by atoms with E-state index in [1.54, 1.807) is 20.4 Å². The highest BCUT2D eigenvalue weighted by molar-refractivity contribution is 6.33. The topological polar surface area (TPSA) is 104 Å². The molecule has 4 aromatic rings. The van der Waals surface area contributed by atoms with E-state index >= 15 is 0 Å². The maximum Gasteiger partial charge on any atom is 0.285 e. The Bertz CT molecular complexity index is 1420. The number of aryl methyl sites for hydroxylation is 3. The van der Waals surface area contributed by atoms with Gasteiger partial charge in [0.2, 0.25) is 5.82 Å². The van der Waals surface area contributed by atoms with Crippen LogP contribution < -0.4 is 11.1 Å². The molecule has 2 heterocycles. The molecular formula is C30H38ClN5O3. The first-order valence-electron chi connectivity index (χ1n) is 13.6. The van der Waals surface area contributed by atoms with Crippen LogP contribution in [0.5, 0.6) is 0 Å². The number of para-hydroxylation sites is 1. The number of aromatic nitrogens is 3. The van der Waals surface area contributed by atoms with Gasteiger partial charge in [-0.3, -0.25) is 9.20 Å². The number of hydrogen-bond donors (Lipinski definition) is 2. The molecule has 4 rings (SSSR count). The summed E-state index contributed by atoms with van der Waals surface area (Å²) in [6, 6.07) is 10.0. The van der Waals surface area contributed by atoms with Crippen LogP contribution in [0, 0.1) is 6.92 Å². The van der Waals surface area contributed by atoms with Crippen LogP contribution in [0.4, 0.5) is 11.5 Å². The molecule has 8 nitrogen and oxygen atoms in total. The predicted octanol–water partition coefficient (Wildman–Crippen LogP) is 6.41. The van der Waals surface area contributed by atoms with E-state index in [-0.39, 0.29) is 5.82 Å². The lowest BCUT2D eigenvalue weighted by Crippen LogP contribution is -2.16. The number of carbonyl (C=O) groups excluding carboxylic acids is 1. The molecule has 208 valence electrons. The lowest BCUT2D eigenvalue weighted by Gasteiger charge is -2.16. The van der Waals surface area contributed by atoms with E-state index in [9.17, 15) is 4.79 Å². The number of nitrogens with one attached hydrogen (secondary N) is 1. The highest BCUT2D eigenvalue weighted by atomic mass is 35.5. The molecule has 0 atom stereocenters. The Kier molecular flexibility index (Phi) is 10.1. The van der Waals surface area contributed by atoms with Crippen LogP contribution in [0.15, 0.2) is 36.5 Å². The van der Waals surface area contributed by atoms with Crippen molar-refractivity contribution < 1.29 is 14.3 Å². The fourth-order valence-corrected chi connectivity index (χ4v) is 5.26. The number of benzene rings is 2. The molecule has 0 saturated heterocycles. The first kappa shape index (κ1) is 28.8. The van der Waals surface area contributed by atoms with Gasteiger partial charge in [-0.1, -0.05) is 36.6 Å². The van der Waals surface area contributed by atoms with Crippen molar-refractivity contribution in [2.24, 2.45) is 5.73 Å². The van der Waals surface area contributed by atoms with Gasteiger partial charge in [-0.05, 0) is 80.3 Å². The lowest BCUT2D eigenvalue weighted by atomic mass is 9.96. The number of nitrogens with two attached hydrogens (primary N) is 1. The minimum atomic E-state index is -0.592. The summed E-state index contributed by atoms with van der Waals surface area (Å²) in [5.41, 5.74) is 12.3. The molecule has 0 spiro atoms. The summed E-state index contributed by atoms with van der Waals surface area (Å²) < 4.78 is 12.3. The van der Waals surface area contributed by atoms with Gasteiger partial charge in [-0.2, -0.15) is 0 Å². The number of ether oxygens (including phenoxy) is 2. The highest BCUT2D eigenvalue weighted by Gasteiger charge is 2.19. The van der Waals surface area contributed by atoms with Crippen molar-refractivity contribution in [2.75, 3.05) is 32.8 Å². The normalized spacial score (nSPS) is 11.5. The van der Waals surface area contributed by atoms with Crippen molar-refractivity contribution in [3.05, 3.63) is 64.1 Å². The molecule has 0 unspecified atom stereocenters. The Hall–Kier alpha value is -3.20. The third-order valence-corrected chi connectivity index (χ3v) is 7.36. The maximum atomic E-state index is 12.4. The molecule has 0 bridgehead atoms. The SMILES string of the molecule is COCCCCCc1cc2nc(Nc3c(C)cccc3Cl)c3cnc(C(N)=O)n3c2cc1CCCCCOC. The number of halogens is 1. The predicted molar refractivity (Wildman–Crippen MR) is 157 cm³/mol. The Morgan fingerprint density at radius 2 is 1.64 bits per heavy atom. The van der Waals surface area contributed by atoms with Gasteiger partial charge in [-0.15, -0.1) is 0 Å². The van der Waals surface area contributed by atoms with Gasteiger partial charge in [0.1, 0.15) is 5.52 Å². The number of imidazole rings is 1. The van der Waals surface area contributed by atoms with Crippen molar-refractivity contribution in [3.63, 3.8) is 0 Å². The monoisotopic (exact) mass is 551 g/mol. The summed E-state index contributed by atoms with van der Waals surface area (Å²) in [7, 11) is 3.48. The van der Waals surface area contributed by atoms with Crippen LogP contribution in [0.1, 0.15) is 65.8 Å². The van der Waals surface area contributed by atoms with Gasteiger partial charge in [0.15, 0.2) is 5.82 Å². The van der Waals surface area contributed by atoms with Gasteiger partial charge in [0.05, 0.1) is 27.9 Å². The van der Waals surface area contributed by atoms with Crippen molar-refractivity contribution in [1.82, 2.24) is 14.4 Å². The second-order valence-electron chi connectivity index (χ2n) is 9.90. The van der Waals surface area contributed by atoms with E-state index in [1.165, 1.54) is 11.1 Å². The molecule has 3 N–H and O–H groups in total. The van der Waals surface area contributed by atoms with Crippen molar-refractivity contribution in [2.45, 2.75) is 58.3 Å². The third-order valence-electron chi connectivity index (χ3n) is 7.05. The van der Waals surface area contributed by atoms with Crippen LogP contribution in [0.3, 0.4) is 0 Å². The Labute approximate surface area is 234 Å². The average Bonchev–Trinajstić information content (AvgIpc) is 3.37. The average molecular weight is 552 g/mol. The minimum absolute atomic E-state index is 0.176. The van der Waals surface area contributed by atoms with Crippen molar-refractivity contribution in [1.29, 1.82) is 0 Å². The third kappa shape index (κ3) is 6.87. The number of unbranched alkanes of at least 4 members (excludes halogenated alkanes) is 4. The van der Waals surface area contributed by atoms with E-state index in [1.807, 2.05) is 29.5 Å². The Morgan fingerprint density at radius 1 is 0.974 bits per heavy atom. The molecule has 2 aromatic carbocycles. The fourth-order valence-electron chi connectivity index (χ4n) is 4.99. The molecule has 0 radical (unpaired) electrons. The van der Waals surface area contributed by atoms with E-state index < -0.39 is 5.91 Å². The smallest absolute Gasteiger partial charge is 0.285 e. The zero-order valence-electron chi connectivity index (χ0n) is 23.1. The van der Waals surface area contributed by atoms with E-state index in [2.05, 4.69) is 22.4 Å². The summed E-state index contributed by atoms with van der Waals surface area (Å²) in [4.78, 5) is 21.8. The Balaban J connectivity index is 1.80. The first-order valence-corrected chi connectivity index (χ1v) is 13.9. The molecule has 0 saturated carbocycles. The lowest BCUT2D eigenvalue weighted by molar-refractivity contribution is 0.0990. The Morgan fingerprint density at radius 3 is 2.26 bits per heavy atom. The number of anilines is 2. The largest absolute Gasteiger partial charge is 0.385 e. The number of rotatable bonds is 15. The van der Waals surface area contributed by atoms with E-state index in [0.29, 0.717) is 16.4 Å². The maximum absolute atomic E-state index is 12.4. The van der Waals surface area contributed by atoms with Gasteiger partial charge < -0.3 is 20.5 Å². The summed E-state index contributed by atoms with van der Waals surface area (Å²) in [6.07, 6.45) is 9.90. The zero-order valence-corrected chi connectivity index (χ0v) is 23.8. The van der Waals surface area contributed by atoms with Crippen LogP contribution in [-0.4, -0.2) is 47.7 Å². The molecule has 0 fully saturated rings. The summed E-state index contributed by atoms with van der Waals surface area (Å²) in [5, 5.41) is 3.99. The first-order chi connectivity index (χ1) is 18.9. The summed E-state index contributed by atoms with van der Waals surface area (Å²) >= 11 is 6.52. The summed E-state index contributed by atoms with van der Waals surface area (Å²) in [6.45, 7) is 3.53. The highest BCUT2D eigenvalue weighted by Crippen LogP contribution is 2.33. The van der Waals surface area contributed by atoms with Gasteiger partial charge in [-0.25, -0.2) is 9.97 Å². The number of carbonyl (C=O) groups is 1. The number of amides is 1. The quantitative estimate of drug-likeness (QED) is 0.166. The molecule has 39 heavy (non-hydrogen) atoms. The van der Waals surface area contributed by atoms with Crippen LogP contribution in [0.2, 0.25) is 5.02 Å². The van der Waals surface area contributed by atoms with Crippen molar-refractivity contribution >= 4 is 45.6 Å².